The minimum Gasteiger partial charge on any atom is -0.478 e. The SMILES string of the molecule is O=C(O)c1ccc(N2CCN(Cc3ccccc3-c3ccc(Cl)cc3)CC2)cc1Oc1ccccc1. The minimum absolute atomic E-state index is 0.153. The van der Waals surface area contributed by atoms with Crippen LogP contribution in [0.15, 0.2) is 97.1 Å². The van der Waals surface area contributed by atoms with Crippen LogP contribution in [0.3, 0.4) is 0 Å². The highest BCUT2D eigenvalue weighted by Gasteiger charge is 2.21. The normalized spacial score (nSPS) is 14.0. The summed E-state index contributed by atoms with van der Waals surface area (Å²) in [7, 11) is 0. The van der Waals surface area contributed by atoms with Gasteiger partial charge in [0.05, 0.1) is 0 Å². The molecule has 5 rings (SSSR count). The van der Waals surface area contributed by atoms with E-state index in [-0.39, 0.29) is 5.56 Å². The molecule has 1 saturated heterocycles. The van der Waals surface area contributed by atoms with Crippen LogP contribution in [0.4, 0.5) is 5.69 Å². The topological polar surface area (TPSA) is 53.0 Å². The molecule has 0 bridgehead atoms. The molecule has 1 aliphatic rings. The van der Waals surface area contributed by atoms with E-state index in [1.165, 1.54) is 11.1 Å². The highest BCUT2D eigenvalue weighted by atomic mass is 35.5. The minimum atomic E-state index is -1.00. The number of piperazine rings is 1. The Morgan fingerprint density at radius 3 is 2.25 bits per heavy atom. The summed E-state index contributed by atoms with van der Waals surface area (Å²) in [5.41, 5.74) is 4.80. The lowest BCUT2D eigenvalue weighted by Crippen LogP contribution is -2.46. The van der Waals surface area contributed by atoms with Crippen molar-refractivity contribution >= 4 is 23.3 Å². The largest absolute Gasteiger partial charge is 0.478 e. The molecule has 0 aromatic heterocycles. The van der Waals surface area contributed by atoms with E-state index in [1.54, 1.807) is 6.07 Å². The van der Waals surface area contributed by atoms with Gasteiger partial charge in [-0.2, -0.15) is 0 Å². The second kappa shape index (κ2) is 10.9. The Bertz CT molecular complexity index is 1330. The summed E-state index contributed by atoms with van der Waals surface area (Å²) < 4.78 is 5.94. The number of aromatic carboxylic acids is 1. The zero-order chi connectivity index (χ0) is 24.9. The zero-order valence-corrected chi connectivity index (χ0v) is 20.6. The molecule has 0 unspecified atom stereocenters. The predicted octanol–water partition coefficient (Wildman–Crippen LogP) is 6.82. The van der Waals surface area contributed by atoms with Crippen molar-refractivity contribution < 1.29 is 14.6 Å². The molecule has 36 heavy (non-hydrogen) atoms. The number of para-hydroxylation sites is 1. The van der Waals surface area contributed by atoms with Crippen molar-refractivity contribution in [3.05, 3.63) is 113 Å². The molecule has 0 radical (unpaired) electrons. The highest BCUT2D eigenvalue weighted by molar-refractivity contribution is 6.30. The Labute approximate surface area is 216 Å². The number of benzene rings is 4. The Balaban J connectivity index is 1.28. The number of anilines is 1. The fourth-order valence-electron chi connectivity index (χ4n) is 4.56. The molecule has 0 aliphatic carbocycles. The van der Waals surface area contributed by atoms with Crippen molar-refractivity contribution in [3.63, 3.8) is 0 Å². The molecule has 1 N–H and O–H groups in total. The second-order valence-electron chi connectivity index (χ2n) is 8.83. The van der Waals surface area contributed by atoms with Crippen LogP contribution in [0, 0.1) is 0 Å². The first-order valence-corrected chi connectivity index (χ1v) is 12.4. The number of hydrogen-bond donors (Lipinski definition) is 1. The second-order valence-corrected chi connectivity index (χ2v) is 9.26. The van der Waals surface area contributed by atoms with Crippen LogP contribution in [0.1, 0.15) is 15.9 Å². The number of halogens is 1. The van der Waals surface area contributed by atoms with Gasteiger partial charge >= 0.3 is 5.97 Å². The molecular formula is C30H27ClN2O3. The summed E-state index contributed by atoms with van der Waals surface area (Å²) in [4.78, 5) is 16.5. The lowest BCUT2D eigenvalue weighted by atomic mass is 9.99. The van der Waals surface area contributed by atoms with E-state index < -0.39 is 5.97 Å². The van der Waals surface area contributed by atoms with Crippen LogP contribution in [0.5, 0.6) is 11.5 Å². The summed E-state index contributed by atoms with van der Waals surface area (Å²) in [6.07, 6.45) is 0. The summed E-state index contributed by atoms with van der Waals surface area (Å²) in [6, 6.07) is 31.1. The quantitative estimate of drug-likeness (QED) is 0.303. The lowest BCUT2D eigenvalue weighted by Gasteiger charge is -2.36. The molecule has 0 saturated carbocycles. The van der Waals surface area contributed by atoms with E-state index in [2.05, 4.69) is 46.2 Å². The standard InChI is InChI=1S/C30H27ClN2O3/c31-24-12-10-22(11-13-24)27-9-5-4-6-23(27)21-32-16-18-33(19-17-32)25-14-15-28(30(34)35)29(20-25)36-26-7-2-1-3-8-26/h1-15,20H,16-19,21H2,(H,34,35). The average Bonchev–Trinajstić information content (AvgIpc) is 2.90. The van der Waals surface area contributed by atoms with Crippen LogP contribution in [0.2, 0.25) is 5.02 Å². The molecule has 6 heteroatoms. The highest BCUT2D eigenvalue weighted by Crippen LogP contribution is 2.31. The van der Waals surface area contributed by atoms with Gasteiger partial charge in [-0.25, -0.2) is 4.79 Å². The van der Waals surface area contributed by atoms with Gasteiger partial charge in [0.2, 0.25) is 0 Å². The monoisotopic (exact) mass is 498 g/mol. The van der Waals surface area contributed by atoms with E-state index in [1.807, 2.05) is 54.6 Å². The maximum Gasteiger partial charge on any atom is 0.339 e. The van der Waals surface area contributed by atoms with Crippen molar-refractivity contribution in [2.45, 2.75) is 6.54 Å². The van der Waals surface area contributed by atoms with Crippen LogP contribution in [-0.2, 0) is 6.54 Å². The van der Waals surface area contributed by atoms with Gasteiger partial charge in [-0.3, -0.25) is 4.90 Å². The fourth-order valence-corrected chi connectivity index (χ4v) is 4.68. The average molecular weight is 499 g/mol. The first-order valence-electron chi connectivity index (χ1n) is 12.0. The number of carboxylic acids is 1. The van der Waals surface area contributed by atoms with Gasteiger partial charge in [0.25, 0.3) is 0 Å². The van der Waals surface area contributed by atoms with Gasteiger partial charge < -0.3 is 14.7 Å². The van der Waals surface area contributed by atoms with Crippen LogP contribution >= 0.6 is 11.6 Å². The van der Waals surface area contributed by atoms with Crippen molar-refractivity contribution in [2.75, 3.05) is 31.1 Å². The number of carbonyl (C=O) groups is 1. The number of carboxylic acid groups (broad SMARTS) is 1. The Morgan fingerprint density at radius 1 is 0.833 bits per heavy atom. The van der Waals surface area contributed by atoms with Gasteiger partial charge in [-0.05, 0) is 53.1 Å². The molecule has 5 nitrogen and oxygen atoms in total. The third kappa shape index (κ3) is 5.54. The molecule has 182 valence electrons. The van der Waals surface area contributed by atoms with Crippen molar-refractivity contribution in [1.82, 2.24) is 4.90 Å². The van der Waals surface area contributed by atoms with Gasteiger partial charge in [-0.15, -0.1) is 0 Å². The van der Waals surface area contributed by atoms with Crippen LogP contribution in [0.25, 0.3) is 11.1 Å². The molecule has 0 spiro atoms. The molecule has 0 amide bonds. The van der Waals surface area contributed by atoms with Crippen molar-refractivity contribution in [3.8, 4) is 22.6 Å². The number of nitrogens with zero attached hydrogens (tertiary/aromatic N) is 2. The Morgan fingerprint density at radius 2 is 1.53 bits per heavy atom. The van der Waals surface area contributed by atoms with Crippen molar-refractivity contribution in [2.24, 2.45) is 0 Å². The van der Waals surface area contributed by atoms with E-state index in [0.29, 0.717) is 11.5 Å². The molecule has 4 aromatic carbocycles. The maximum absolute atomic E-state index is 11.8. The summed E-state index contributed by atoms with van der Waals surface area (Å²) >= 11 is 6.08. The van der Waals surface area contributed by atoms with Crippen LogP contribution < -0.4 is 9.64 Å². The van der Waals surface area contributed by atoms with E-state index >= 15 is 0 Å². The third-order valence-corrected chi connectivity index (χ3v) is 6.72. The summed E-state index contributed by atoms with van der Waals surface area (Å²) in [6.45, 7) is 4.38. The molecular weight excluding hydrogens is 472 g/mol. The first-order chi connectivity index (χ1) is 17.6. The first kappa shape index (κ1) is 23.9. The van der Waals surface area contributed by atoms with Gasteiger partial charge in [0.1, 0.15) is 17.1 Å². The molecule has 1 fully saturated rings. The zero-order valence-electron chi connectivity index (χ0n) is 19.8. The number of hydrogen-bond acceptors (Lipinski definition) is 4. The number of ether oxygens (including phenoxy) is 1. The smallest absolute Gasteiger partial charge is 0.339 e. The van der Waals surface area contributed by atoms with E-state index in [4.69, 9.17) is 16.3 Å². The molecule has 1 aliphatic heterocycles. The van der Waals surface area contributed by atoms with Crippen LogP contribution in [-0.4, -0.2) is 42.2 Å². The lowest BCUT2D eigenvalue weighted by molar-refractivity contribution is 0.0694. The van der Waals surface area contributed by atoms with Gasteiger partial charge in [0.15, 0.2) is 0 Å². The van der Waals surface area contributed by atoms with Gasteiger partial charge in [-0.1, -0.05) is 66.2 Å². The number of rotatable bonds is 7. The van der Waals surface area contributed by atoms with E-state index in [9.17, 15) is 9.90 Å². The third-order valence-electron chi connectivity index (χ3n) is 6.47. The molecule has 0 atom stereocenters. The Hall–Kier alpha value is -3.80. The predicted molar refractivity (Wildman–Crippen MR) is 144 cm³/mol. The fraction of sp³-hybridized carbons (Fsp3) is 0.167. The maximum atomic E-state index is 11.8. The summed E-state index contributed by atoms with van der Waals surface area (Å²) in [5.74, 6) is -0.0384. The van der Waals surface area contributed by atoms with Crippen molar-refractivity contribution in [1.29, 1.82) is 0 Å². The molecule has 1 heterocycles. The van der Waals surface area contributed by atoms with E-state index in [0.717, 1.165) is 49.0 Å². The molecule has 4 aromatic rings. The Kier molecular flexibility index (Phi) is 7.21. The summed E-state index contributed by atoms with van der Waals surface area (Å²) in [5, 5.41) is 10.4. The van der Waals surface area contributed by atoms with Gasteiger partial charge in [0, 0.05) is 49.5 Å².